The molecule has 96 valence electrons. The van der Waals surface area contributed by atoms with Gasteiger partial charge in [-0.2, -0.15) is 0 Å². The number of aromatic amines is 1. The van der Waals surface area contributed by atoms with Crippen LogP contribution in [0, 0.1) is 0 Å². The third kappa shape index (κ3) is 3.41. The van der Waals surface area contributed by atoms with Gasteiger partial charge in [0.15, 0.2) is 5.75 Å². The van der Waals surface area contributed by atoms with Crippen LogP contribution in [0.15, 0.2) is 10.9 Å². The van der Waals surface area contributed by atoms with Gasteiger partial charge in [0.2, 0.25) is 0 Å². The molecule has 3 N–H and O–H groups in total. The second-order valence-corrected chi connectivity index (χ2v) is 2.95. The molecule has 0 unspecified atom stereocenters. The molecule has 1 aromatic heterocycles. The highest BCUT2D eigenvalue weighted by molar-refractivity contribution is 5.30. The molecule has 0 atom stereocenters. The van der Waals surface area contributed by atoms with Gasteiger partial charge in [-0.25, -0.2) is 8.78 Å². The van der Waals surface area contributed by atoms with E-state index < -0.39 is 36.2 Å². The summed E-state index contributed by atoms with van der Waals surface area (Å²) in [5.74, 6) is -1.25. The topological polar surface area (TPSA) is 68.1 Å². The number of pyridine rings is 1. The van der Waals surface area contributed by atoms with Crippen LogP contribution >= 0.6 is 0 Å². The zero-order valence-corrected chi connectivity index (χ0v) is 8.15. The van der Waals surface area contributed by atoms with E-state index >= 15 is 0 Å². The summed E-state index contributed by atoms with van der Waals surface area (Å²) >= 11 is 0. The zero-order valence-electron chi connectivity index (χ0n) is 8.15. The van der Waals surface area contributed by atoms with Crippen molar-refractivity contribution in [3.8, 4) is 5.75 Å². The van der Waals surface area contributed by atoms with E-state index in [0.717, 1.165) is 0 Å². The van der Waals surface area contributed by atoms with Gasteiger partial charge in [0.25, 0.3) is 12.0 Å². The lowest BCUT2D eigenvalue weighted by molar-refractivity contribution is -0.275. The fourth-order valence-corrected chi connectivity index (χ4v) is 1.13. The lowest BCUT2D eigenvalue weighted by Crippen LogP contribution is -2.24. The van der Waals surface area contributed by atoms with Gasteiger partial charge in [-0.05, 0) is 6.07 Å². The Kier molecular flexibility index (Phi) is 3.71. The van der Waals surface area contributed by atoms with Gasteiger partial charge in [-0.1, -0.05) is 0 Å². The maximum absolute atomic E-state index is 12.4. The minimum absolute atomic E-state index is 0.333. The summed E-state index contributed by atoms with van der Waals surface area (Å²) in [6.45, 7) is -0.429. The Balaban J connectivity index is 3.25. The molecule has 0 saturated carbocycles. The molecular weight excluding hydrogens is 251 g/mol. The molecule has 17 heavy (non-hydrogen) atoms. The maximum atomic E-state index is 12.4. The van der Waals surface area contributed by atoms with Crippen molar-refractivity contribution < 1.29 is 26.7 Å². The smallest absolute Gasteiger partial charge is 0.400 e. The van der Waals surface area contributed by atoms with Crippen LogP contribution in [0.1, 0.15) is 17.7 Å². The molecule has 1 aromatic rings. The van der Waals surface area contributed by atoms with E-state index in [1.54, 1.807) is 0 Å². The highest BCUT2D eigenvalue weighted by Crippen LogP contribution is 2.26. The SMILES string of the molecule is NCc1[nH]c(=O)c(OC(F)(F)F)cc1C(F)F. The number of ether oxygens (including phenoxy) is 1. The Morgan fingerprint density at radius 2 is 2.00 bits per heavy atom. The van der Waals surface area contributed by atoms with Crippen molar-refractivity contribution in [2.75, 3.05) is 0 Å². The van der Waals surface area contributed by atoms with Gasteiger partial charge in [-0.3, -0.25) is 4.79 Å². The van der Waals surface area contributed by atoms with Crippen LogP contribution in [0.2, 0.25) is 0 Å². The molecule has 0 aromatic carbocycles. The van der Waals surface area contributed by atoms with Gasteiger partial charge in [0.1, 0.15) is 0 Å². The molecule has 0 aliphatic carbocycles. The summed E-state index contributed by atoms with van der Waals surface area (Å²) in [6, 6.07) is 0.333. The zero-order chi connectivity index (χ0) is 13.2. The van der Waals surface area contributed by atoms with Gasteiger partial charge in [0.05, 0.1) is 0 Å². The number of rotatable bonds is 3. The van der Waals surface area contributed by atoms with E-state index in [0.29, 0.717) is 6.07 Å². The lowest BCUT2D eigenvalue weighted by atomic mass is 10.2. The largest absolute Gasteiger partial charge is 0.573 e. The third-order valence-electron chi connectivity index (χ3n) is 1.79. The van der Waals surface area contributed by atoms with Crippen LogP contribution < -0.4 is 16.0 Å². The molecule has 0 bridgehead atoms. The maximum Gasteiger partial charge on any atom is 0.573 e. The molecule has 1 rings (SSSR count). The molecular formula is C8H7F5N2O2. The molecule has 9 heteroatoms. The van der Waals surface area contributed by atoms with Crippen molar-refractivity contribution in [2.24, 2.45) is 5.73 Å². The van der Waals surface area contributed by atoms with E-state index in [2.05, 4.69) is 4.74 Å². The van der Waals surface area contributed by atoms with Crippen molar-refractivity contribution >= 4 is 0 Å². The Labute approximate surface area is 91.2 Å². The predicted octanol–water partition coefficient (Wildman–Crippen LogP) is 1.67. The molecule has 0 aliphatic rings. The summed E-state index contributed by atoms with van der Waals surface area (Å²) in [7, 11) is 0. The second kappa shape index (κ2) is 4.70. The van der Waals surface area contributed by atoms with Crippen molar-refractivity contribution in [3.63, 3.8) is 0 Å². The van der Waals surface area contributed by atoms with E-state index in [1.165, 1.54) is 0 Å². The average Bonchev–Trinajstić information content (AvgIpc) is 2.18. The number of nitrogens with two attached hydrogens (primary N) is 1. The second-order valence-electron chi connectivity index (χ2n) is 2.95. The van der Waals surface area contributed by atoms with Crippen molar-refractivity contribution in [2.45, 2.75) is 19.3 Å². The van der Waals surface area contributed by atoms with E-state index in [-0.39, 0.29) is 5.69 Å². The number of nitrogens with one attached hydrogen (secondary N) is 1. The molecule has 0 amide bonds. The Bertz CT molecular complexity index is 454. The number of aromatic nitrogens is 1. The summed E-state index contributed by atoms with van der Waals surface area (Å²) in [6.07, 6.45) is -8.20. The normalized spacial score (nSPS) is 11.9. The first-order chi connectivity index (χ1) is 7.74. The Morgan fingerprint density at radius 1 is 1.41 bits per heavy atom. The van der Waals surface area contributed by atoms with Crippen molar-refractivity contribution in [3.05, 3.63) is 27.7 Å². The van der Waals surface area contributed by atoms with Crippen LogP contribution in [0.5, 0.6) is 5.75 Å². The average molecular weight is 258 g/mol. The number of hydrogen-bond acceptors (Lipinski definition) is 3. The van der Waals surface area contributed by atoms with E-state index in [9.17, 15) is 26.7 Å². The van der Waals surface area contributed by atoms with Gasteiger partial charge in [0, 0.05) is 17.8 Å². The molecule has 0 fully saturated rings. The first-order valence-electron chi connectivity index (χ1n) is 4.24. The highest BCUT2D eigenvalue weighted by atomic mass is 19.4. The minimum Gasteiger partial charge on any atom is -0.400 e. The van der Waals surface area contributed by atoms with Gasteiger partial charge < -0.3 is 15.5 Å². The van der Waals surface area contributed by atoms with Crippen LogP contribution in [0.4, 0.5) is 22.0 Å². The summed E-state index contributed by atoms with van der Waals surface area (Å²) in [5, 5.41) is 0. The molecule has 0 saturated heterocycles. The number of H-pyrrole nitrogens is 1. The molecule has 0 radical (unpaired) electrons. The molecule has 0 aliphatic heterocycles. The number of hydrogen-bond donors (Lipinski definition) is 2. The van der Waals surface area contributed by atoms with Crippen LogP contribution in [0.25, 0.3) is 0 Å². The van der Waals surface area contributed by atoms with E-state index in [1.807, 2.05) is 4.98 Å². The Hall–Kier alpha value is -1.64. The standard InChI is InChI=1S/C8H7F5N2O2/c9-6(10)3-1-5(17-8(11,12)13)7(16)15-4(3)2-14/h1,6H,2,14H2,(H,15,16). The summed E-state index contributed by atoms with van der Waals surface area (Å²) < 4.78 is 63.7. The fraction of sp³-hybridized carbons (Fsp3) is 0.375. The highest BCUT2D eigenvalue weighted by Gasteiger charge is 2.33. The third-order valence-corrected chi connectivity index (χ3v) is 1.79. The molecule has 0 spiro atoms. The fourth-order valence-electron chi connectivity index (χ4n) is 1.13. The van der Waals surface area contributed by atoms with Crippen molar-refractivity contribution in [1.29, 1.82) is 0 Å². The molecule has 1 heterocycles. The predicted molar refractivity (Wildman–Crippen MR) is 46.6 cm³/mol. The quantitative estimate of drug-likeness (QED) is 0.810. The van der Waals surface area contributed by atoms with Crippen LogP contribution in [0.3, 0.4) is 0 Å². The summed E-state index contributed by atoms with van der Waals surface area (Å²) in [4.78, 5) is 12.9. The van der Waals surface area contributed by atoms with Gasteiger partial charge in [-0.15, -0.1) is 13.2 Å². The first kappa shape index (κ1) is 13.4. The molecule has 4 nitrogen and oxygen atoms in total. The lowest BCUT2D eigenvalue weighted by Gasteiger charge is -2.11. The number of halogens is 5. The monoisotopic (exact) mass is 258 g/mol. The minimum atomic E-state index is -5.13. The first-order valence-corrected chi connectivity index (χ1v) is 4.24. The Morgan fingerprint density at radius 3 is 2.41 bits per heavy atom. The number of alkyl halides is 5. The van der Waals surface area contributed by atoms with Crippen LogP contribution in [-0.4, -0.2) is 11.3 Å². The summed E-state index contributed by atoms with van der Waals surface area (Å²) in [5.41, 5.74) is 2.66. The van der Waals surface area contributed by atoms with Crippen LogP contribution in [-0.2, 0) is 6.54 Å². The van der Waals surface area contributed by atoms with Gasteiger partial charge >= 0.3 is 6.36 Å². The van der Waals surface area contributed by atoms with E-state index in [4.69, 9.17) is 5.73 Å². The van der Waals surface area contributed by atoms with Crippen molar-refractivity contribution in [1.82, 2.24) is 4.98 Å².